The molecule has 0 saturated carbocycles. The molecule has 2 amide bonds. The molecule has 0 unspecified atom stereocenters. The number of aromatic amines is 1. The summed E-state index contributed by atoms with van der Waals surface area (Å²) in [6.45, 7) is 3.85. The molecule has 1 aliphatic heterocycles. The van der Waals surface area contributed by atoms with Gasteiger partial charge >= 0.3 is 0 Å². The zero-order valence-corrected chi connectivity index (χ0v) is 16.8. The van der Waals surface area contributed by atoms with Crippen LogP contribution in [0, 0.1) is 12.8 Å². The topological polar surface area (TPSA) is 65.2 Å². The standard InChI is InChI=1S/C24H27N3O2/c1-17-6-2-3-7-20(17)24(29)27-14-11-18(12-15-27)23(28)25-13-10-19-16-26-22-9-5-4-8-21(19)22/h2-9,16,18,26H,10-15H2,1H3,(H,25,28). The van der Waals surface area contributed by atoms with Crippen molar-refractivity contribution in [3.8, 4) is 0 Å². The van der Waals surface area contributed by atoms with Crippen LogP contribution >= 0.6 is 0 Å². The first kappa shape index (κ1) is 19.2. The summed E-state index contributed by atoms with van der Waals surface area (Å²) in [5, 5.41) is 4.30. The molecule has 0 bridgehead atoms. The van der Waals surface area contributed by atoms with Crippen molar-refractivity contribution in [3.05, 3.63) is 71.4 Å². The molecule has 5 nitrogen and oxygen atoms in total. The number of carbonyl (C=O) groups is 2. The molecule has 4 rings (SSSR count). The maximum Gasteiger partial charge on any atom is 0.254 e. The number of hydrogen-bond acceptors (Lipinski definition) is 2. The molecular weight excluding hydrogens is 362 g/mol. The summed E-state index contributed by atoms with van der Waals surface area (Å²) in [5.74, 6) is 0.160. The van der Waals surface area contributed by atoms with Gasteiger partial charge in [0.15, 0.2) is 0 Å². The number of aromatic nitrogens is 1. The Balaban J connectivity index is 1.26. The molecule has 1 aromatic heterocycles. The quantitative estimate of drug-likeness (QED) is 0.699. The van der Waals surface area contributed by atoms with Crippen LogP contribution in [0.15, 0.2) is 54.7 Å². The van der Waals surface area contributed by atoms with E-state index >= 15 is 0 Å². The van der Waals surface area contributed by atoms with Crippen molar-refractivity contribution in [2.45, 2.75) is 26.2 Å². The van der Waals surface area contributed by atoms with Gasteiger partial charge < -0.3 is 15.2 Å². The molecule has 1 aliphatic rings. The largest absolute Gasteiger partial charge is 0.361 e. The number of likely N-dealkylation sites (tertiary alicyclic amines) is 1. The van der Waals surface area contributed by atoms with Crippen molar-refractivity contribution in [2.24, 2.45) is 5.92 Å². The summed E-state index contributed by atoms with van der Waals surface area (Å²) in [5.41, 5.74) is 4.10. The first-order valence-electron chi connectivity index (χ1n) is 10.3. The number of hydrogen-bond donors (Lipinski definition) is 2. The van der Waals surface area contributed by atoms with Gasteiger partial charge in [0, 0.05) is 48.2 Å². The maximum atomic E-state index is 12.7. The number of aryl methyl sites for hydroxylation is 1. The van der Waals surface area contributed by atoms with E-state index < -0.39 is 0 Å². The van der Waals surface area contributed by atoms with Gasteiger partial charge in [-0.25, -0.2) is 0 Å². The minimum Gasteiger partial charge on any atom is -0.361 e. The Morgan fingerprint density at radius 1 is 1.07 bits per heavy atom. The van der Waals surface area contributed by atoms with Crippen molar-refractivity contribution < 1.29 is 9.59 Å². The summed E-state index contributed by atoms with van der Waals surface area (Å²) in [4.78, 5) is 30.4. The maximum absolute atomic E-state index is 12.7. The molecule has 2 aromatic carbocycles. The predicted octanol–water partition coefficient (Wildman–Crippen LogP) is 3.69. The molecule has 2 N–H and O–H groups in total. The number of H-pyrrole nitrogens is 1. The fourth-order valence-corrected chi connectivity index (χ4v) is 4.13. The van der Waals surface area contributed by atoms with Crippen LogP contribution in [0.25, 0.3) is 10.9 Å². The van der Waals surface area contributed by atoms with E-state index in [2.05, 4.69) is 22.4 Å². The summed E-state index contributed by atoms with van der Waals surface area (Å²) in [7, 11) is 0. The molecule has 5 heteroatoms. The van der Waals surface area contributed by atoms with E-state index in [1.807, 2.05) is 54.4 Å². The van der Waals surface area contributed by atoms with Crippen molar-refractivity contribution in [1.82, 2.24) is 15.2 Å². The third-order valence-corrected chi connectivity index (χ3v) is 5.90. The van der Waals surface area contributed by atoms with Crippen LogP contribution in [0.3, 0.4) is 0 Å². The van der Waals surface area contributed by atoms with E-state index in [4.69, 9.17) is 0 Å². The smallest absolute Gasteiger partial charge is 0.254 e. The SMILES string of the molecule is Cc1ccccc1C(=O)N1CCC(C(=O)NCCc2c[nH]c3ccccc23)CC1. The Bertz CT molecular complexity index is 1020. The molecule has 150 valence electrons. The van der Waals surface area contributed by atoms with Gasteiger partial charge in [0.2, 0.25) is 5.91 Å². The lowest BCUT2D eigenvalue weighted by Gasteiger charge is -2.31. The Morgan fingerprint density at radius 3 is 2.59 bits per heavy atom. The molecule has 1 fully saturated rings. The lowest BCUT2D eigenvalue weighted by molar-refractivity contribution is -0.126. The number of fused-ring (bicyclic) bond motifs is 1. The van der Waals surface area contributed by atoms with E-state index in [1.165, 1.54) is 10.9 Å². The van der Waals surface area contributed by atoms with Crippen LogP contribution in [0.1, 0.15) is 34.3 Å². The number of para-hydroxylation sites is 1. The molecule has 0 spiro atoms. The van der Waals surface area contributed by atoms with Gasteiger partial charge in [0.1, 0.15) is 0 Å². The average Bonchev–Trinajstić information content (AvgIpc) is 3.17. The molecular formula is C24H27N3O2. The molecule has 0 aliphatic carbocycles. The first-order chi connectivity index (χ1) is 14.1. The van der Waals surface area contributed by atoms with Crippen molar-refractivity contribution in [3.63, 3.8) is 0 Å². The summed E-state index contributed by atoms with van der Waals surface area (Å²) >= 11 is 0. The summed E-state index contributed by atoms with van der Waals surface area (Å²) < 4.78 is 0. The fraction of sp³-hybridized carbons (Fsp3) is 0.333. The highest BCUT2D eigenvalue weighted by atomic mass is 16.2. The third kappa shape index (κ3) is 4.19. The molecule has 3 aromatic rings. The lowest BCUT2D eigenvalue weighted by Crippen LogP contribution is -2.43. The van der Waals surface area contributed by atoms with E-state index in [9.17, 15) is 9.59 Å². The third-order valence-electron chi connectivity index (χ3n) is 5.90. The number of rotatable bonds is 5. The second kappa shape index (κ2) is 8.52. The van der Waals surface area contributed by atoms with Crippen molar-refractivity contribution in [1.29, 1.82) is 0 Å². The van der Waals surface area contributed by atoms with E-state index in [0.29, 0.717) is 19.6 Å². The molecule has 2 heterocycles. The molecule has 1 saturated heterocycles. The van der Waals surface area contributed by atoms with Crippen molar-refractivity contribution >= 4 is 22.7 Å². The highest BCUT2D eigenvalue weighted by molar-refractivity contribution is 5.95. The number of piperidine rings is 1. The zero-order chi connectivity index (χ0) is 20.2. The normalized spacial score (nSPS) is 14.9. The fourth-order valence-electron chi connectivity index (χ4n) is 4.13. The second-order valence-electron chi connectivity index (χ2n) is 7.78. The first-order valence-corrected chi connectivity index (χ1v) is 10.3. The van der Waals surface area contributed by atoms with E-state index in [0.717, 1.165) is 35.9 Å². The van der Waals surface area contributed by atoms with Crippen LogP contribution in [-0.2, 0) is 11.2 Å². The number of benzene rings is 2. The number of amides is 2. The zero-order valence-electron chi connectivity index (χ0n) is 16.8. The number of carbonyl (C=O) groups excluding carboxylic acids is 2. The van der Waals surface area contributed by atoms with E-state index in [-0.39, 0.29) is 17.7 Å². The Labute approximate surface area is 171 Å². The van der Waals surface area contributed by atoms with Crippen LogP contribution in [0.5, 0.6) is 0 Å². The highest BCUT2D eigenvalue weighted by Gasteiger charge is 2.28. The summed E-state index contributed by atoms with van der Waals surface area (Å²) in [6.07, 6.45) is 4.26. The molecule has 0 radical (unpaired) electrons. The van der Waals surface area contributed by atoms with Crippen LogP contribution < -0.4 is 5.32 Å². The minimum atomic E-state index is -0.0149. The predicted molar refractivity (Wildman–Crippen MR) is 115 cm³/mol. The number of nitrogens with one attached hydrogen (secondary N) is 2. The number of nitrogens with zero attached hydrogens (tertiary/aromatic N) is 1. The Hall–Kier alpha value is -3.08. The molecule has 0 atom stereocenters. The van der Waals surface area contributed by atoms with Gasteiger partial charge in [-0.3, -0.25) is 9.59 Å². The van der Waals surface area contributed by atoms with Gasteiger partial charge in [-0.15, -0.1) is 0 Å². The average molecular weight is 389 g/mol. The lowest BCUT2D eigenvalue weighted by atomic mass is 9.95. The van der Waals surface area contributed by atoms with Gasteiger partial charge in [-0.2, -0.15) is 0 Å². The van der Waals surface area contributed by atoms with Crippen LogP contribution in [-0.4, -0.2) is 41.3 Å². The van der Waals surface area contributed by atoms with Gasteiger partial charge in [-0.05, 0) is 49.4 Å². The highest BCUT2D eigenvalue weighted by Crippen LogP contribution is 2.21. The van der Waals surface area contributed by atoms with E-state index in [1.54, 1.807) is 0 Å². The Morgan fingerprint density at radius 2 is 1.79 bits per heavy atom. The van der Waals surface area contributed by atoms with Crippen molar-refractivity contribution in [2.75, 3.05) is 19.6 Å². The van der Waals surface area contributed by atoms with Crippen LogP contribution in [0.2, 0.25) is 0 Å². The Kier molecular flexibility index (Phi) is 5.65. The minimum absolute atomic E-state index is 0.0149. The van der Waals surface area contributed by atoms with Crippen LogP contribution in [0.4, 0.5) is 0 Å². The monoisotopic (exact) mass is 389 g/mol. The molecule has 29 heavy (non-hydrogen) atoms. The van der Waals surface area contributed by atoms with Gasteiger partial charge in [-0.1, -0.05) is 36.4 Å². The second-order valence-corrected chi connectivity index (χ2v) is 7.78. The summed E-state index contributed by atoms with van der Waals surface area (Å²) in [6, 6.07) is 15.9. The van der Waals surface area contributed by atoms with Gasteiger partial charge in [0.05, 0.1) is 0 Å². The van der Waals surface area contributed by atoms with Gasteiger partial charge in [0.25, 0.3) is 5.91 Å².